The molecule has 0 aliphatic carbocycles. The third-order valence-corrected chi connectivity index (χ3v) is 2.70. The molecule has 0 radical (unpaired) electrons. The predicted molar refractivity (Wildman–Crippen MR) is 73.5 cm³/mol. The lowest BCUT2D eigenvalue weighted by Gasteiger charge is -2.07. The van der Waals surface area contributed by atoms with E-state index in [0.717, 1.165) is 0 Å². The maximum absolute atomic E-state index is 11.0. The lowest BCUT2D eigenvalue weighted by atomic mass is 10.2. The Morgan fingerprint density at radius 1 is 1.33 bits per heavy atom. The topological polar surface area (TPSA) is 121 Å². The summed E-state index contributed by atoms with van der Waals surface area (Å²) in [6, 6.07) is 5.74. The molecule has 2 N–H and O–H groups in total. The number of nitro groups is 1. The molecule has 0 aliphatic rings. The van der Waals surface area contributed by atoms with E-state index in [1.165, 1.54) is 31.2 Å². The molecule has 9 heteroatoms. The minimum absolute atomic E-state index is 0.0868. The number of aryl methyl sites for hydroxylation is 1. The fourth-order valence-corrected chi connectivity index (χ4v) is 1.79. The number of nitrogens with zero attached hydrogens (tertiary/aromatic N) is 3. The third-order valence-electron chi connectivity index (χ3n) is 2.53. The SMILES string of the molecule is Cc1nc(Cl)nc(Oc2ccc(C(N)=O)cc2)c1[N+](=O)[O-]. The Morgan fingerprint density at radius 2 is 1.95 bits per heavy atom. The molecule has 0 atom stereocenters. The molecule has 1 aromatic carbocycles. The van der Waals surface area contributed by atoms with Crippen molar-refractivity contribution in [2.45, 2.75) is 6.92 Å². The molecule has 2 aromatic rings. The number of carbonyl (C=O) groups is 1. The lowest BCUT2D eigenvalue weighted by Crippen LogP contribution is -2.10. The Morgan fingerprint density at radius 3 is 2.48 bits per heavy atom. The molecule has 2 rings (SSSR count). The maximum atomic E-state index is 11.0. The number of rotatable bonds is 4. The summed E-state index contributed by atoms with van der Waals surface area (Å²) in [6.07, 6.45) is 0. The first-order valence-corrected chi connectivity index (χ1v) is 6.02. The van der Waals surface area contributed by atoms with Crippen LogP contribution < -0.4 is 10.5 Å². The zero-order chi connectivity index (χ0) is 15.6. The largest absolute Gasteiger partial charge is 0.434 e. The molecule has 21 heavy (non-hydrogen) atoms. The van der Waals surface area contributed by atoms with Crippen LogP contribution in [0.3, 0.4) is 0 Å². The first kappa shape index (κ1) is 14.7. The van der Waals surface area contributed by atoms with Crippen LogP contribution in [0.25, 0.3) is 0 Å². The van der Waals surface area contributed by atoms with Gasteiger partial charge in [0.25, 0.3) is 0 Å². The van der Waals surface area contributed by atoms with Crippen molar-refractivity contribution in [1.82, 2.24) is 9.97 Å². The number of nitrogens with two attached hydrogens (primary N) is 1. The molecule has 1 aromatic heterocycles. The lowest BCUT2D eigenvalue weighted by molar-refractivity contribution is -0.386. The van der Waals surface area contributed by atoms with E-state index in [2.05, 4.69) is 9.97 Å². The van der Waals surface area contributed by atoms with Crippen LogP contribution in [0.1, 0.15) is 16.1 Å². The first-order chi connectivity index (χ1) is 9.88. The van der Waals surface area contributed by atoms with Gasteiger partial charge in [0.1, 0.15) is 11.4 Å². The molecule has 108 valence electrons. The molecule has 1 amide bonds. The van der Waals surface area contributed by atoms with Crippen LogP contribution >= 0.6 is 11.6 Å². The van der Waals surface area contributed by atoms with Gasteiger partial charge in [0.2, 0.25) is 11.2 Å². The van der Waals surface area contributed by atoms with E-state index in [-0.39, 0.29) is 33.9 Å². The molecular formula is C12H9ClN4O4. The van der Waals surface area contributed by atoms with E-state index in [1.807, 2.05) is 0 Å². The van der Waals surface area contributed by atoms with Crippen LogP contribution in [0.15, 0.2) is 24.3 Å². The monoisotopic (exact) mass is 308 g/mol. The number of carbonyl (C=O) groups excluding carboxylic acids is 1. The maximum Gasteiger partial charge on any atom is 0.352 e. The van der Waals surface area contributed by atoms with Gasteiger partial charge in [0.05, 0.1) is 4.92 Å². The van der Waals surface area contributed by atoms with Crippen LogP contribution in [0.5, 0.6) is 11.6 Å². The van der Waals surface area contributed by atoms with Gasteiger partial charge in [-0.05, 0) is 42.8 Å². The number of hydrogen-bond acceptors (Lipinski definition) is 6. The van der Waals surface area contributed by atoms with Crippen molar-refractivity contribution in [2.24, 2.45) is 5.73 Å². The third kappa shape index (κ3) is 3.23. The van der Waals surface area contributed by atoms with Crippen LogP contribution in [0.2, 0.25) is 5.28 Å². The number of ether oxygens (including phenoxy) is 1. The second-order valence-electron chi connectivity index (χ2n) is 3.98. The van der Waals surface area contributed by atoms with Crippen LogP contribution in [-0.2, 0) is 0 Å². The van der Waals surface area contributed by atoms with Crippen molar-refractivity contribution in [3.8, 4) is 11.6 Å². The fourth-order valence-electron chi connectivity index (χ4n) is 1.59. The van der Waals surface area contributed by atoms with Crippen molar-refractivity contribution in [2.75, 3.05) is 0 Å². The molecule has 0 aliphatic heterocycles. The Labute approximate surface area is 123 Å². The van der Waals surface area contributed by atoms with E-state index in [4.69, 9.17) is 22.1 Å². The van der Waals surface area contributed by atoms with Crippen LogP contribution in [0.4, 0.5) is 5.69 Å². The first-order valence-electron chi connectivity index (χ1n) is 5.64. The Kier molecular flexibility index (Phi) is 3.99. The highest BCUT2D eigenvalue weighted by molar-refractivity contribution is 6.28. The van der Waals surface area contributed by atoms with Crippen LogP contribution in [0, 0.1) is 17.0 Å². The molecule has 0 bridgehead atoms. The van der Waals surface area contributed by atoms with Gasteiger partial charge in [-0.2, -0.15) is 4.98 Å². The van der Waals surface area contributed by atoms with E-state index in [0.29, 0.717) is 0 Å². The molecule has 8 nitrogen and oxygen atoms in total. The summed E-state index contributed by atoms with van der Waals surface area (Å²) in [5.74, 6) is -0.616. The minimum Gasteiger partial charge on any atom is -0.434 e. The van der Waals surface area contributed by atoms with Crippen LogP contribution in [-0.4, -0.2) is 20.8 Å². The molecule has 0 saturated carbocycles. The molecule has 0 saturated heterocycles. The number of primary amides is 1. The van der Waals surface area contributed by atoms with E-state index in [9.17, 15) is 14.9 Å². The summed E-state index contributed by atoms with van der Waals surface area (Å²) >= 11 is 5.67. The van der Waals surface area contributed by atoms with Crippen molar-refractivity contribution < 1.29 is 14.5 Å². The fraction of sp³-hybridized carbons (Fsp3) is 0.0833. The van der Waals surface area contributed by atoms with Gasteiger partial charge in [0, 0.05) is 5.56 Å². The average Bonchev–Trinajstić information content (AvgIpc) is 2.37. The number of amides is 1. The zero-order valence-corrected chi connectivity index (χ0v) is 11.5. The van der Waals surface area contributed by atoms with Crippen molar-refractivity contribution in [1.29, 1.82) is 0 Å². The Balaban J connectivity index is 2.39. The summed E-state index contributed by atoms with van der Waals surface area (Å²) in [7, 11) is 0. The minimum atomic E-state index is -0.654. The second-order valence-corrected chi connectivity index (χ2v) is 4.32. The van der Waals surface area contributed by atoms with Gasteiger partial charge in [-0.15, -0.1) is 0 Å². The highest BCUT2D eigenvalue weighted by atomic mass is 35.5. The molecular weight excluding hydrogens is 300 g/mol. The summed E-state index contributed by atoms with van der Waals surface area (Å²) in [5.41, 5.74) is 5.11. The van der Waals surface area contributed by atoms with E-state index < -0.39 is 10.8 Å². The highest BCUT2D eigenvalue weighted by Gasteiger charge is 2.23. The van der Waals surface area contributed by atoms with Crippen molar-refractivity contribution in [3.05, 3.63) is 50.9 Å². The zero-order valence-electron chi connectivity index (χ0n) is 10.7. The van der Waals surface area contributed by atoms with Gasteiger partial charge in [0.15, 0.2) is 0 Å². The van der Waals surface area contributed by atoms with Crippen molar-refractivity contribution in [3.63, 3.8) is 0 Å². The summed E-state index contributed by atoms with van der Waals surface area (Å²) in [6.45, 7) is 1.43. The van der Waals surface area contributed by atoms with Gasteiger partial charge < -0.3 is 10.5 Å². The van der Waals surface area contributed by atoms with Gasteiger partial charge in [-0.1, -0.05) is 0 Å². The van der Waals surface area contributed by atoms with Gasteiger partial charge >= 0.3 is 11.6 Å². The number of hydrogen-bond donors (Lipinski definition) is 1. The molecule has 0 fully saturated rings. The number of aromatic nitrogens is 2. The molecule has 0 spiro atoms. The normalized spacial score (nSPS) is 10.2. The van der Waals surface area contributed by atoms with Gasteiger partial charge in [-0.3, -0.25) is 14.9 Å². The summed E-state index contributed by atoms with van der Waals surface area (Å²) in [5, 5.41) is 10.9. The molecule has 1 heterocycles. The van der Waals surface area contributed by atoms with E-state index in [1.54, 1.807) is 0 Å². The highest BCUT2D eigenvalue weighted by Crippen LogP contribution is 2.32. The standard InChI is InChI=1S/C12H9ClN4O4/c1-6-9(17(19)20)11(16-12(13)15-6)21-8-4-2-7(3-5-8)10(14)18/h2-5H,1H3,(H2,14,18). The quantitative estimate of drug-likeness (QED) is 0.525. The second kappa shape index (κ2) is 5.71. The smallest absolute Gasteiger partial charge is 0.352 e. The van der Waals surface area contributed by atoms with E-state index >= 15 is 0 Å². The average molecular weight is 309 g/mol. The Bertz CT molecular complexity index is 718. The molecule has 0 unspecified atom stereocenters. The van der Waals surface area contributed by atoms with Crippen molar-refractivity contribution >= 4 is 23.2 Å². The Hall–Kier alpha value is -2.74. The van der Waals surface area contributed by atoms with Gasteiger partial charge in [-0.25, -0.2) is 4.98 Å². The summed E-state index contributed by atoms with van der Waals surface area (Å²) < 4.78 is 5.34. The summed E-state index contributed by atoms with van der Waals surface area (Å²) in [4.78, 5) is 28.7. The number of benzene rings is 1. The number of halogens is 1. The predicted octanol–water partition coefficient (Wildman–Crippen LogP) is 2.24.